The Balaban J connectivity index is 1.81. The molecule has 2 aromatic rings. The number of methoxy groups -OCH3 is 1. The van der Waals surface area contributed by atoms with Gasteiger partial charge in [0.05, 0.1) is 12.8 Å². The summed E-state index contributed by atoms with van der Waals surface area (Å²) >= 11 is 0. The smallest absolute Gasteiger partial charge is 0.348 e. The molecule has 2 heterocycles. The Labute approximate surface area is 153 Å². The number of aromatic nitrogens is 3. The summed E-state index contributed by atoms with van der Waals surface area (Å²) in [6, 6.07) is 7.17. The average molecular weight is 358 g/mol. The monoisotopic (exact) mass is 358 g/mol. The summed E-state index contributed by atoms with van der Waals surface area (Å²) < 4.78 is 6.50. The van der Waals surface area contributed by atoms with Crippen molar-refractivity contribution in [2.24, 2.45) is 5.41 Å². The van der Waals surface area contributed by atoms with Crippen molar-refractivity contribution in [3.8, 4) is 11.4 Å². The van der Waals surface area contributed by atoms with Crippen LogP contribution >= 0.6 is 0 Å². The normalized spacial score (nSPS) is 18.0. The van der Waals surface area contributed by atoms with Gasteiger partial charge in [0.25, 0.3) is 0 Å². The van der Waals surface area contributed by atoms with E-state index in [1.165, 1.54) is 4.68 Å². The van der Waals surface area contributed by atoms with E-state index >= 15 is 0 Å². The molecule has 1 amide bonds. The zero-order chi connectivity index (χ0) is 18.9. The van der Waals surface area contributed by atoms with Crippen molar-refractivity contribution < 1.29 is 9.53 Å². The molecule has 1 N–H and O–H groups in total. The molecule has 1 atom stereocenters. The number of benzene rings is 1. The second-order valence-electron chi connectivity index (χ2n) is 7.77. The van der Waals surface area contributed by atoms with Crippen LogP contribution in [0.5, 0.6) is 5.75 Å². The highest BCUT2D eigenvalue weighted by atomic mass is 16.5. The molecule has 1 unspecified atom stereocenters. The summed E-state index contributed by atoms with van der Waals surface area (Å²) in [7, 11) is 1.60. The lowest BCUT2D eigenvalue weighted by Crippen LogP contribution is -2.44. The first-order valence-electron chi connectivity index (χ1n) is 8.92. The molecule has 0 radical (unpaired) electrons. The number of likely N-dealkylation sites (tertiary alicyclic amines) is 1. The quantitative estimate of drug-likeness (QED) is 0.913. The molecule has 1 saturated heterocycles. The highest BCUT2D eigenvalue weighted by Crippen LogP contribution is 2.27. The minimum absolute atomic E-state index is 0.0437. The van der Waals surface area contributed by atoms with Crippen LogP contribution < -0.4 is 10.4 Å². The minimum Gasteiger partial charge on any atom is -0.497 e. The molecule has 1 aromatic heterocycles. The Bertz CT molecular complexity index is 830. The molecule has 1 aromatic carbocycles. The third kappa shape index (κ3) is 3.66. The predicted octanol–water partition coefficient (Wildman–Crippen LogP) is 2.32. The maximum Gasteiger partial charge on any atom is 0.348 e. The van der Waals surface area contributed by atoms with Crippen molar-refractivity contribution in [1.29, 1.82) is 0 Å². The van der Waals surface area contributed by atoms with E-state index in [0.29, 0.717) is 18.1 Å². The predicted molar refractivity (Wildman–Crippen MR) is 98.7 cm³/mol. The molecule has 7 heteroatoms. The van der Waals surface area contributed by atoms with Gasteiger partial charge in [-0.2, -0.15) is 4.68 Å². The van der Waals surface area contributed by atoms with E-state index in [9.17, 15) is 9.59 Å². The number of H-pyrrole nitrogens is 1. The summed E-state index contributed by atoms with van der Waals surface area (Å²) in [5.41, 5.74) is -0.00114. The van der Waals surface area contributed by atoms with Gasteiger partial charge in [-0.1, -0.05) is 20.8 Å². The molecular weight excluding hydrogens is 332 g/mol. The Hall–Kier alpha value is -2.57. The fourth-order valence-electron chi connectivity index (χ4n) is 3.28. The van der Waals surface area contributed by atoms with Crippen molar-refractivity contribution in [2.75, 3.05) is 20.2 Å². The van der Waals surface area contributed by atoms with Gasteiger partial charge >= 0.3 is 5.69 Å². The van der Waals surface area contributed by atoms with Gasteiger partial charge in [0, 0.05) is 24.4 Å². The average Bonchev–Trinajstić information content (AvgIpc) is 3.02. The number of nitrogens with one attached hydrogen (secondary N) is 1. The zero-order valence-corrected chi connectivity index (χ0v) is 15.8. The summed E-state index contributed by atoms with van der Waals surface area (Å²) in [4.78, 5) is 29.7. The van der Waals surface area contributed by atoms with Crippen molar-refractivity contribution in [1.82, 2.24) is 19.7 Å². The molecular formula is C19H26N4O3. The fraction of sp³-hybridized carbons (Fsp3) is 0.526. The first-order valence-corrected chi connectivity index (χ1v) is 8.92. The summed E-state index contributed by atoms with van der Waals surface area (Å²) in [5, 5.41) is 4.48. The number of rotatable bonds is 3. The Morgan fingerprint density at radius 3 is 2.58 bits per heavy atom. The number of aromatic amines is 1. The number of hydrogen-bond acceptors (Lipinski definition) is 4. The molecule has 0 bridgehead atoms. The fourth-order valence-corrected chi connectivity index (χ4v) is 3.28. The van der Waals surface area contributed by atoms with E-state index in [2.05, 4.69) is 10.1 Å². The largest absolute Gasteiger partial charge is 0.497 e. The van der Waals surface area contributed by atoms with Gasteiger partial charge in [-0.05, 0) is 37.1 Å². The first-order chi connectivity index (χ1) is 12.3. The number of piperidine rings is 1. The summed E-state index contributed by atoms with van der Waals surface area (Å²) in [6.07, 6.45) is 1.81. The zero-order valence-electron chi connectivity index (χ0n) is 15.8. The Kier molecular flexibility index (Phi) is 4.89. The van der Waals surface area contributed by atoms with Gasteiger partial charge in [-0.25, -0.2) is 4.79 Å². The van der Waals surface area contributed by atoms with E-state index in [0.717, 1.165) is 25.1 Å². The van der Waals surface area contributed by atoms with Crippen LogP contribution in [-0.4, -0.2) is 45.8 Å². The SMILES string of the molecule is COc1ccc(-n2nc(C3CCCN(C(=O)C(C)(C)C)C3)[nH]c2=O)cc1. The van der Waals surface area contributed by atoms with E-state index in [-0.39, 0.29) is 17.5 Å². The number of carbonyl (C=O) groups excluding carboxylic acids is 1. The van der Waals surface area contributed by atoms with E-state index < -0.39 is 5.41 Å². The topological polar surface area (TPSA) is 80.2 Å². The second-order valence-corrected chi connectivity index (χ2v) is 7.77. The van der Waals surface area contributed by atoms with Crippen LogP contribution in [0, 0.1) is 5.41 Å². The number of nitrogens with zero attached hydrogens (tertiary/aromatic N) is 3. The number of carbonyl (C=O) groups is 1. The van der Waals surface area contributed by atoms with Crippen LogP contribution in [0.15, 0.2) is 29.1 Å². The van der Waals surface area contributed by atoms with Crippen LogP contribution in [-0.2, 0) is 4.79 Å². The molecule has 3 rings (SSSR count). The first kappa shape index (κ1) is 18.2. The second kappa shape index (κ2) is 6.97. The van der Waals surface area contributed by atoms with Crippen LogP contribution in [0.2, 0.25) is 0 Å². The minimum atomic E-state index is -0.405. The summed E-state index contributed by atoms with van der Waals surface area (Å²) in [5.74, 6) is 1.54. The highest BCUT2D eigenvalue weighted by Gasteiger charge is 2.32. The number of hydrogen-bond donors (Lipinski definition) is 1. The van der Waals surface area contributed by atoms with Crippen LogP contribution in [0.3, 0.4) is 0 Å². The molecule has 0 spiro atoms. The third-order valence-corrected chi connectivity index (χ3v) is 4.69. The molecule has 1 aliphatic rings. The molecule has 140 valence electrons. The number of ether oxygens (including phenoxy) is 1. The molecule has 1 aliphatic heterocycles. The molecule has 0 aliphatic carbocycles. The Morgan fingerprint density at radius 2 is 1.96 bits per heavy atom. The maximum atomic E-state index is 12.6. The van der Waals surface area contributed by atoms with Crippen LogP contribution in [0.25, 0.3) is 5.69 Å². The molecule has 7 nitrogen and oxygen atoms in total. The van der Waals surface area contributed by atoms with Gasteiger partial charge in [0.2, 0.25) is 5.91 Å². The standard InChI is InChI=1S/C19H26N4O3/c1-19(2,3)17(24)22-11-5-6-13(12-22)16-20-18(25)23(21-16)14-7-9-15(26-4)10-8-14/h7-10,13H,5-6,11-12H2,1-4H3,(H,20,21,25). The lowest BCUT2D eigenvalue weighted by molar-refractivity contribution is -0.140. The maximum absolute atomic E-state index is 12.6. The van der Waals surface area contributed by atoms with Crippen molar-refractivity contribution in [3.05, 3.63) is 40.6 Å². The Morgan fingerprint density at radius 1 is 1.27 bits per heavy atom. The lowest BCUT2D eigenvalue weighted by atomic mass is 9.91. The van der Waals surface area contributed by atoms with E-state index in [1.807, 2.05) is 25.7 Å². The number of amides is 1. The molecule has 26 heavy (non-hydrogen) atoms. The molecule has 0 saturated carbocycles. The van der Waals surface area contributed by atoms with Crippen LogP contribution in [0.1, 0.15) is 45.4 Å². The molecule has 1 fully saturated rings. The van der Waals surface area contributed by atoms with Crippen molar-refractivity contribution >= 4 is 5.91 Å². The summed E-state index contributed by atoms with van der Waals surface area (Å²) in [6.45, 7) is 7.14. The van der Waals surface area contributed by atoms with Gasteiger partial charge in [-0.3, -0.25) is 9.78 Å². The van der Waals surface area contributed by atoms with Gasteiger partial charge in [0.15, 0.2) is 0 Å². The van der Waals surface area contributed by atoms with Gasteiger partial charge < -0.3 is 9.64 Å². The third-order valence-electron chi connectivity index (χ3n) is 4.69. The van der Waals surface area contributed by atoms with Crippen molar-refractivity contribution in [2.45, 2.75) is 39.5 Å². The van der Waals surface area contributed by atoms with Crippen LogP contribution in [0.4, 0.5) is 0 Å². The van der Waals surface area contributed by atoms with E-state index in [1.54, 1.807) is 31.4 Å². The van der Waals surface area contributed by atoms with E-state index in [4.69, 9.17) is 4.74 Å². The highest BCUT2D eigenvalue weighted by molar-refractivity contribution is 5.81. The van der Waals surface area contributed by atoms with Gasteiger partial charge in [-0.15, -0.1) is 5.10 Å². The lowest BCUT2D eigenvalue weighted by Gasteiger charge is -2.35. The van der Waals surface area contributed by atoms with Crippen molar-refractivity contribution in [3.63, 3.8) is 0 Å². The van der Waals surface area contributed by atoms with Gasteiger partial charge in [0.1, 0.15) is 11.6 Å².